The van der Waals surface area contributed by atoms with Gasteiger partial charge in [0.1, 0.15) is 0 Å². The SMILES string of the molecule is CCCCC[C@@H](N)c1ccc([N+](=O)[O-])s1.Cl. The number of rotatable bonds is 6. The fourth-order valence-electron chi connectivity index (χ4n) is 1.40. The van der Waals surface area contributed by atoms with E-state index in [-0.39, 0.29) is 28.4 Å². The highest BCUT2D eigenvalue weighted by Gasteiger charge is 2.14. The maximum Gasteiger partial charge on any atom is 0.324 e. The van der Waals surface area contributed by atoms with E-state index in [1.54, 1.807) is 6.07 Å². The van der Waals surface area contributed by atoms with Crippen LogP contribution in [0.3, 0.4) is 0 Å². The van der Waals surface area contributed by atoms with Crippen molar-refractivity contribution in [2.24, 2.45) is 5.73 Å². The van der Waals surface area contributed by atoms with Crippen LogP contribution in [0.1, 0.15) is 43.5 Å². The van der Waals surface area contributed by atoms with Crippen LogP contribution in [0.25, 0.3) is 0 Å². The summed E-state index contributed by atoms with van der Waals surface area (Å²) in [7, 11) is 0. The number of hydrogen-bond acceptors (Lipinski definition) is 4. The topological polar surface area (TPSA) is 69.2 Å². The van der Waals surface area contributed by atoms with Gasteiger partial charge in [0.2, 0.25) is 0 Å². The Balaban J connectivity index is 0.00000225. The molecular formula is C10H17ClN2O2S. The fraction of sp³-hybridized carbons (Fsp3) is 0.600. The molecule has 0 aliphatic carbocycles. The van der Waals surface area contributed by atoms with Crippen molar-refractivity contribution < 1.29 is 4.92 Å². The van der Waals surface area contributed by atoms with Gasteiger partial charge in [0.05, 0.1) is 4.92 Å². The smallest absolute Gasteiger partial charge is 0.323 e. The van der Waals surface area contributed by atoms with E-state index >= 15 is 0 Å². The summed E-state index contributed by atoms with van der Waals surface area (Å²) in [6.45, 7) is 2.14. The Labute approximate surface area is 105 Å². The summed E-state index contributed by atoms with van der Waals surface area (Å²) >= 11 is 1.18. The highest BCUT2D eigenvalue weighted by Crippen LogP contribution is 2.29. The third-order valence-electron chi connectivity index (χ3n) is 2.28. The predicted octanol–water partition coefficient (Wildman–Crippen LogP) is 3.66. The summed E-state index contributed by atoms with van der Waals surface area (Å²) in [6.07, 6.45) is 4.33. The Bertz CT molecular complexity index is 330. The van der Waals surface area contributed by atoms with E-state index < -0.39 is 0 Å². The first-order valence-electron chi connectivity index (χ1n) is 5.15. The Hall–Kier alpha value is -0.650. The summed E-state index contributed by atoms with van der Waals surface area (Å²) in [5, 5.41) is 10.6. The second-order valence-electron chi connectivity index (χ2n) is 3.54. The van der Waals surface area contributed by atoms with E-state index in [0.29, 0.717) is 0 Å². The first-order valence-corrected chi connectivity index (χ1v) is 5.96. The van der Waals surface area contributed by atoms with Crippen LogP contribution in [-0.2, 0) is 0 Å². The normalized spacial score (nSPS) is 11.9. The summed E-state index contributed by atoms with van der Waals surface area (Å²) in [5.41, 5.74) is 5.94. The second-order valence-corrected chi connectivity index (χ2v) is 4.63. The zero-order valence-electron chi connectivity index (χ0n) is 9.22. The third-order valence-corrected chi connectivity index (χ3v) is 3.45. The summed E-state index contributed by atoms with van der Waals surface area (Å²) in [6, 6.07) is 3.24. The van der Waals surface area contributed by atoms with Gasteiger partial charge >= 0.3 is 5.00 Å². The van der Waals surface area contributed by atoms with E-state index in [1.807, 2.05) is 0 Å². The molecule has 0 saturated carbocycles. The largest absolute Gasteiger partial charge is 0.324 e. The minimum atomic E-state index is -0.368. The molecular weight excluding hydrogens is 248 g/mol. The maximum absolute atomic E-state index is 10.5. The Morgan fingerprint density at radius 2 is 2.19 bits per heavy atom. The fourth-order valence-corrected chi connectivity index (χ4v) is 2.25. The number of unbranched alkanes of at least 4 members (excludes halogenated alkanes) is 2. The monoisotopic (exact) mass is 264 g/mol. The lowest BCUT2D eigenvalue weighted by Gasteiger charge is -2.07. The Morgan fingerprint density at radius 1 is 1.50 bits per heavy atom. The number of nitrogens with two attached hydrogens (primary N) is 1. The molecule has 1 aromatic rings. The highest BCUT2D eigenvalue weighted by atomic mass is 35.5. The minimum Gasteiger partial charge on any atom is -0.323 e. The minimum absolute atomic E-state index is 0. The molecule has 0 aliphatic heterocycles. The van der Waals surface area contributed by atoms with E-state index in [2.05, 4.69) is 6.92 Å². The van der Waals surface area contributed by atoms with Crippen molar-refractivity contribution in [1.82, 2.24) is 0 Å². The van der Waals surface area contributed by atoms with Crippen molar-refractivity contribution in [2.75, 3.05) is 0 Å². The molecule has 1 heterocycles. The van der Waals surface area contributed by atoms with Gasteiger partial charge in [-0.2, -0.15) is 0 Å². The molecule has 0 spiro atoms. The third kappa shape index (κ3) is 4.47. The predicted molar refractivity (Wildman–Crippen MR) is 69.3 cm³/mol. The van der Waals surface area contributed by atoms with Crippen molar-refractivity contribution in [3.8, 4) is 0 Å². The number of halogens is 1. The van der Waals surface area contributed by atoms with Crippen LogP contribution >= 0.6 is 23.7 Å². The first kappa shape index (κ1) is 15.3. The van der Waals surface area contributed by atoms with Crippen molar-refractivity contribution in [3.63, 3.8) is 0 Å². The molecule has 0 radical (unpaired) electrons. The molecule has 16 heavy (non-hydrogen) atoms. The number of nitrogens with zero attached hydrogens (tertiary/aromatic N) is 1. The summed E-state index contributed by atoms with van der Waals surface area (Å²) < 4.78 is 0. The summed E-state index contributed by atoms with van der Waals surface area (Å²) in [5.74, 6) is 0. The zero-order chi connectivity index (χ0) is 11.3. The van der Waals surface area contributed by atoms with Crippen molar-refractivity contribution in [3.05, 3.63) is 27.1 Å². The lowest BCUT2D eigenvalue weighted by atomic mass is 10.1. The standard InChI is InChI=1S/C10H16N2O2S.ClH/c1-2-3-4-5-8(11)9-6-7-10(15-9)12(13)14;/h6-8H,2-5,11H2,1H3;1H/t8-;/m1./s1. The van der Waals surface area contributed by atoms with E-state index in [1.165, 1.54) is 23.8 Å². The molecule has 2 N–H and O–H groups in total. The molecule has 0 amide bonds. The molecule has 92 valence electrons. The molecule has 0 bridgehead atoms. The summed E-state index contributed by atoms with van der Waals surface area (Å²) in [4.78, 5) is 11.0. The van der Waals surface area contributed by atoms with Crippen LogP contribution in [0.4, 0.5) is 5.00 Å². The van der Waals surface area contributed by atoms with Gasteiger partial charge in [0.25, 0.3) is 0 Å². The van der Waals surface area contributed by atoms with Crippen LogP contribution in [0.2, 0.25) is 0 Å². The Morgan fingerprint density at radius 3 is 2.69 bits per heavy atom. The average molecular weight is 265 g/mol. The van der Waals surface area contributed by atoms with Gasteiger partial charge in [-0.15, -0.1) is 12.4 Å². The molecule has 1 aromatic heterocycles. The van der Waals surface area contributed by atoms with Crippen LogP contribution < -0.4 is 5.73 Å². The van der Waals surface area contributed by atoms with Gasteiger partial charge < -0.3 is 5.73 Å². The van der Waals surface area contributed by atoms with Gasteiger partial charge in [0, 0.05) is 17.0 Å². The van der Waals surface area contributed by atoms with Gasteiger partial charge in [0.15, 0.2) is 0 Å². The molecule has 1 atom stereocenters. The molecule has 0 fully saturated rings. The van der Waals surface area contributed by atoms with Gasteiger partial charge in [-0.3, -0.25) is 10.1 Å². The van der Waals surface area contributed by atoms with Crippen LogP contribution in [0.5, 0.6) is 0 Å². The van der Waals surface area contributed by atoms with Gasteiger partial charge in [-0.05, 0) is 12.5 Å². The van der Waals surface area contributed by atoms with Crippen molar-refractivity contribution >= 4 is 28.7 Å². The molecule has 4 nitrogen and oxygen atoms in total. The van der Waals surface area contributed by atoms with E-state index in [4.69, 9.17) is 5.73 Å². The van der Waals surface area contributed by atoms with Crippen LogP contribution in [0, 0.1) is 10.1 Å². The molecule has 0 aliphatic rings. The zero-order valence-corrected chi connectivity index (χ0v) is 10.9. The second kappa shape index (κ2) is 7.60. The van der Waals surface area contributed by atoms with Crippen molar-refractivity contribution in [2.45, 2.75) is 38.6 Å². The highest BCUT2D eigenvalue weighted by molar-refractivity contribution is 7.15. The Kier molecular flexibility index (Phi) is 7.29. The van der Waals surface area contributed by atoms with E-state index in [0.717, 1.165) is 24.1 Å². The quantitative estimate of drug-likeness (QED) is 0.484. The number of hydrogen-bond donors (Lipinski definition) is 1. The lowest BCUT2D eigenvalue weighted by molar-refractivity contribution is -0.380. The van der Waals surface area contributed by atoms with Gasteiger partial charge in [-0.1, -0.05) is 37.5 Å². The number of nitro groups is 1. The number of thiophene rings is 1. The molecule has 0 saturated heterocycles. The van der Waals surface area contributed by atoms with E-state index in [9.17, 15) is 10.1 Å². The average Bonchev–Trinajstić information content (AvgIpc) is 2.66. The molecule has 0 aromatic carbocycles. The first-order chi connectivity index (χ1) is 7.15. The molecule has 6 heteroatoms. The maximum atomic E-state index is 10.5. The molecule has 1 rings (SSSR count). The van der Waals surface area contributed by atoms with Crippen LogP contribution in [-0.4, -0.2) is 4.92 Å². The van der Waals surface area contributed by atoms with Crippen molar-refractivity contribution in [1.29, 1.82) is 0 Å². The van der Waals surface area contributed by atoms with Gasteiger partial charge in [-0.25, -0.2) is 0 Å². The molecule has 0 unspecified atom stereocenters. The van der Waals surface area contributed by atoms with Crippen LogP contribution in [0.15, 0.2) is 12.1 Å². The lowest BCUT2D eigenvalue weighted by Crippen LogP contribution is -2.07.